The third-order valence-corrected chi connectivity index (χ3v) is 3.04. The quantitative estimate of drug-likeness (QED) is 0.809. The summed E-state index contributed by atoms with van der Waals surface area (Å²) in [5.74, 6) is -0.313. The van der Waals surface area contributed by atoms with Gasteiger partial charge in [0.05, 0.1) is 16.3 Å². The van der Waals surface area contributed by atoms with Gasteiger partial charge in [-0.25, -0.2) is 4.98 Å². The number of hydrogen-bond acceptors (Lipinski definition) is 4. The molecule has 0 fully saturated rings. The fourth-order valence-electron chi connectivity index (χ4n) is 1.17. The lowest BCUT2D eigenvalue weighted by Crippen LogP contribution is -2.12. The molecule has 0 spiro atoms. The Morgan fingerprint density at radius 1 is 1.50 bits per heavy atom. The van der Waals surface area contributed by atoms with E-state index in [1.54, 1.807) is 29.8 Å². The van der Waals surface area contributed by atoms with Crippen LogP contribution in [0.2, 0.25) is 5.02 Å². The third kappa shape index (κ3) is 2.15. The van der Waals surface area contributed by atoms with Gasteiger partial charge in [-0.2, -0.15) is 0 Å². The van der Waals surface area contributed by atoms with Crippen molar-refractivity contribution in [3.63, 3.8) is 0 Å². The number of hydrogen-bond donors (Lipinski definition) is 2. The molecule has 1 heterocycles. The van der Waals surface area contributed by atoms with Crippen LogP contribution in [0.25, 0.3) is 0 Å². The van der Waals surface area contributed by atoms with E-state index in [-0.39, 0.29) is 10.9 Å². The Kier molecular flexibility index (Phi) is 3.07. The normalized spacial score (nSPS) is 10.1. The number of rotatable bonds is 2. The fraction of sp³-hybridized carbons (Fsp3) is 0. The second-order valence-corrected chi connectivity index (χ2v) is 4.27. The molecule has 0 aliphatic rings. The van der Waals surface area contributed by atoms with Crippen LogP contribution in [0.4, 0.5) is 10.8 Å². The summed E-state index contributed by atoms with van der Waals surface area (Å²) in [5, 5.41) is 5.20. The topological polar surface area (TPSA) is 68.0 Å². The van der Waals surface area contributed by atoms with Crippen LogP contribution in [-0.2, 0) is 0 Å². The number of aromatic nitrogens is 1. The maximum absolute atomic E-state index is 11.8. The molecule has 0 atom stereocenters. The number of halogens is 1. The molecule has 2 aromatic rings. The Bertz CT molecular complexity index is 513. The molecule has 0 bridgehead atoms. The zero-order valence-electron chi connectivity index (χ0n) is 8.11. The zero-order valence-corrected chi connectivity index (χ0v) is 9.68. The van der Waals surface area contributed by atoms with Gasteiger partial charge >= 0.3 is 0 Å². The smallest absolute Gasteiger partial charge is 0.259 e. The maximum atomic E-state index is 11.8. The van der Waals surface area contributed by atoms with Crippen molar-refractivity contribution in [3.8, 4) is 0 Å². The third-order valence-electron chi connectivity index (χ3n) is 1.93. The largest absolute Gasteiger partial charge is 0.398 e. The number of amides is 1. The van der Waals surface area contributed by atoms with Gasteiger partial charge in [-0.3, -0.25) is 10.1 Å². The Balaban J connectivity index is 2.24. The molecule has 0 aliphatic carbocycles. The lowest BCUT2D eigenvalue weighted by molar-refractivity contribution is 0.102. The molecule has 82 valence electrons. The maximum Gasteiger partial charge on any atom is 0.259 e. The molecule has 1 aromatic heterocycles. The van der Waals surface area contributed by atoms with E-state index in [1.165, 1.54) is 11.3 Å². The molecule has 3 N–H and O–H groups in total. The highest BCUT2D eigenvalue weighted by Gasteiger charge is 2.12. The summed E-state index contributed by atoms with van der Waals surface area (Å²) >= 11 is 7.26. The van der Waals surface area contributed by atoms with Gasteiger partial charge in [0.15, 0.2) is 5.13 Å². The summed E-state index contributed by atoms with van der Waals surface area (Å²) < 4.78 is 0. The molecule has 4 nitrogen and oxygen atoms in total. The van der Waals surface area contributed by atoms with Crippen LogP contribution in [-0.4, -0.2) is 10.9 Å². The number of nitrogens with two attached hydrogens (primary N) is 1. The van der Waals surface area contributed by atoms with Gasteiger partial charge in [0, 0.05) is 11.6 Å². The molecule has 0 saturated carbocycles. The van der Waals surface area contributed by atoms with Gasteiger partial charge < -0.3 is 5.73 Å². The fourth-order valence-corrected chi connectivity index (χ4v) is 1.91. The van der Waals surface area contributed by atoms with Crippen molar-refractivity contribution in [1.29, 1.82) is 0 Å². The summed E-state index contributed by atoms with van der Waals surface area (Å²) in [6.07, 6.45) is 1.61. The molecule has 0 unspecified atom stereocenters. The second kappa shape index (κ2) is 4.51. The Morgan fingerprint density at radius 2 is 2.31 bits per heavy atom. The Labute approximate surface area is 101 Å². The van der Waals surface area contributed by atoms with Crippen molar-refractivity contribution in [3.05, 3.63) is 40.4 Å². The van der Waals surface area contributed by atoms with Crippen molar-refractivity contribution in [2.75, 3.05) is 11.1 Å². The van der Waals surface area contributed by atoms with E-state index in [2.05, 4.69) is 10.3 Å². The highest BCUT2D eigenvalue weighted by Crippen LogP contribution is 2.24. The van der Waals surface area contributed by atoms with E-state index in [4.69, 9.17) is 17.3 Å². The monoisotopic (exact) mass is 253 g/mol. The minimum atomic E-state index is -0.313. The van der Waals surface area contributed by atoms with Crippen LogP contribution in [0.15, 0.2) is 29.8 Å². The van der Waals surface area contributed by atoms with Gasteiger partial charge in [0.1, 0.15) is 0 Å². The molecule has 16 heavy (non-hydrogen) atoms. The molecule has 1 aromatic carbocycles. The first-order valence-corrected chi connectivity index (χ1v) is 5.69. The molecule has 2 rings (SSSR count). The molecular formula is C10H8ClN3OS. The molecule has 0 radical (unpaired) electrons. The minimum absolute atomic E-state index is 0.261. The average Bonchev–Trinajstić information content (AvgIpc) is 2.74. The van der Waals surface area contributed by atoms with Crippen LogP contribution in [0.3, 0.4) is 0 Å². The van der Waals surface area contributed by atoms with Crippen LogP contribution < -0.4 is 11.1 Å². The predicted molar refractivity (Wildman–Crippen MR) is 65.9 cm³/mol. The number of carbonyl (C=O) groups is 1. The molecule has 1 amide bonds. The Hall–Kier alpha value is -1.59. The van der Waals surface area contributed by atoms with E-state index >= 15 is 0 Å². The summed E-state index contributed by atoms with van der Waals surface area (Å²) in [6, 6.07) is 4.93. The second-order valence-electron chi connectivity index (χ2n) is 3.00. The first-order chi connectivity index (χ1) is 7.68. The number of nitrogen functional groups attached to an aromatic ring is 1. The summed E-state index contributed by atoms with van der Waals surface area (Å²) in [6.45, 7) is 0. The highest BCUT2D eigenvalue weighted by atomic mass is 35.5. The number of carbonyl (C=O) groups excluding carboxylic acids is 1. The number of nitrogens with zero attached hydrogens (tertiary/aromatic N) is 1. The summed E-state index contributed by atoms with van der Waals surface area (Å²) in [7, 11) is 0. The SMILES string of the molecule is Nc1cccc(C(=O)Nc2nccs2)c1Cl. The first-order valence-electron chi connectivity index (χ1n) is 4.43. The molecule has 6 heteroatoms. The van der Waals surface area contributed by atoms with E-state index < -0.39 is 0 Å². The summed E-state index contributed by atoms with van der Waals surface area (Å²) in [4.78, 5) is 15.7. The van der Waals surface area contributed by atoms with Gasteiger partial charge in [0.25, 0.3) is 5.91 Å². The van der Waals surface area contributed by atoms with E-state index in [1.807, 2.05) is 0 Å². The number of nitrogens with one attached hydrogen (secondary N) is 1. The lowest BCUT2D eigenvalue weighted by Gasteiger charge is -2.05. The van der Waals surface area contributed by atoms with Crippen LogP contribution in [0.5, 0.6) is 0 Å². The van der Waals surface area contributed by atoms with Crippen LogP contribution >= 0.6 is 22.9 Å². The standard InChI is InChI=1S/C10H8ClN3OS/c11-8-6(2-1-3-7(8)12)9(15)14-10-13-4-5-16-10/h1-5H,12H2,(H,13,14,15). The highest BCUT2D eigenvalue weighted by molar-refractivity contribution is 7.13. The van der Waals surface area contributed by atoms with Crippen molar-refractivity contribution in [2.45, 2.75) is 0 Å². The van der Waals surface area contributed by atoms with Crippen molar-refractivity contribution < 1.29 is 4.79 Å². The van der Waals surface area contributed by atoms with E-state index in [0.29, 0.717) is 16.4 Å². The van der Waals surface area contributed by atoms with Gasteiger partial charge in [0.2, 0.25) is 0 Å². The summed E-state index contributed by atoms with van der Waals surface area (Å²) in [5.41, 5.74) is 6.33. The Morgan fingerprint density at radius 3 is 3.00 bits per heavy atom. The van der Waals surface area contributed by atoms with Crippen LogP contribution in [0.1, 0.15) is 10.4 Å². The zero-order chi connectivity index (χ0) is 11.5. The van der Waals surface area contributed by atoms with Crippen molar-refractivity contribution >= 4 is 39.7 Å². The van der Waals surface area contributed by atoms with Gasteiger partial charge in [-0.15, -0.1) is 11.3 Å². The van der Waals surface area contributed by atoms with Crippen LogP contribution in [0, 0.1) is 0 Å². The average molecular weight is 254 g/mol. The molecule has 0 aliphatic heterocycles. The number of anilines is 2. The van der Waals surface area contributed by atoms with Gasteiger partial charge in [-0.05, 0) is 12.1 Å². The molecule has 0 saturated heterocycles. The van der Waals surface area contributed by atoms with E-state index in [9.17, 15) is 4.79 Å². The minimum Gasteiger partial charge on any atom is -0.398 e. The first kappa shape index (κ1) is 10.9. The lowest BCUT2D eigenvalue weighted by atomic mass is 10.2. The van der Waals surface area contributed by atoms with Gasteiger partial charge in [-0.1, -0.05) is 17.7 Å². The van der Waals surface area contributed by atoms with Crippen molar-refractivity contribution in [1.82, 2.24) is 4.98 Å². The van der Waals surface area contributed by atoms with Crippen molar-refractivity contribution in [2.24, 2.45) is 0 Å². The molecular weight excluding hydrogens is 246 g/mol. The number of benzene rings is 1. The number of thiazole rings is 1. The van der Waals surface area contributed by atoms with E-state index in [0.717, 1.165) is 0 Å². The predicted octanol–water partition coefficient (Wildman–Crippen LogP) is 2.63.